The zero-order valence-corrected chi connectivity index (χ0v) is 16.0. The fourth-order valence-corrected chi connectivity index (χ4v) is 3.48. The number of hydrogen-bond acceptors (Lipinski definition) is 1. The molecule has 0 spiro atoms. The molecule has 0 rings (SSSR count). The summed E-state index contributed by atoms with van der Waals surface area (Å²) in [6.45, 7) is 17.7. The molecule has 0 aliphatic heterocycles. The molecule has 21 heavy (non-hydrogen) atoms. The molecule has 0 saturated heterocycles. The summed E-state index contributed by atoms with van der Waals surface area (Å²) in [5, 5.41) is 3.64. The van der Waals surface area contributed by atoms with Crippen LogP contribution in [-0.4, -0.2) is 12.6 Å². The molecule has 1 nitrogen and oxygen atoms in total. The van der Waals surface area contributed by atoms with Gasteiger partial charge in [0.2, 0.25) is 0 Å². The molecular weight excluding hydrogens is 254 g/mol. The lowest BCUT2D eigenvalue weighted by molar-refractivity contribution is 0.270. The predicted molar refractivity (Wildman–Crippen MR) is 97.8 cm³/mol. The molecule has 1 heteroatoms. The minimum atomic E-state index is 0.675. The van der Waals surface area contributed by atoms with E-state index < -0.39 is 0 Å². The Bertz CT molecular complexity index is 224. The minimum absolute atomic E-state index is 0.675. The maximum atomic E-state index is 3.64. The van der Waals surface area contributed by atoms with Gasteiger partial charge in [0.05, 0.1) is 0 Å². The molecule has 0 aromatic carbocycles. The van der Waals surface area contributed by atoms with Crippen molar-refractivity contribution in [3.8, 4) is 0 Å². The molecule has 0 heterocycles. The first-order valence-electron chi connectivity index (χ1n) is 9.69. The van der Waals surface area contributed by atoms with Crippen LogP contribution in [0.4, 0.5) is 0 Å². The summed E-state index contributed by atoms with van der Waals surface area (Å²) >= 11 is 0. The Morgan fingerprint density at radius 2 is 1.29 bits per heavy atom. The van der Waals surface area contributed by atoms with E-state index in [1.165, 1.54) is 51.5 Å². The van der Waals surface area contributed by atoms with Gasteiger partial charge in [-0.3, -0.25) is 0 Å². The highest BCUT2D eigenvalue weighted by Crippen LogP contribution is 2.28. The average Bonchev–Trinajstić information content (AvgIpc) is 2.46. The lowest BCUT2D eigenvalue weighted by Gasteiger charge is -2.25. The Labute approximate surface area is 135 Å². The summed E-state index contributed by atoms with van der Waals surface area (Å²) in [5.74, 6) is 3.58. The van der Waals surface area contributed by atoms with Crippen LogP contribution in [0, 0.1) is 23.7 Å². The lowest BCUT2D eigenvalue weighted by atomic mass is 9.82. The van der Waals surface area contributed by atoms with Gasteiger partial charge in [-0.2, -0.15) is 0 Å². The van der Waals surface area contributed by atoms with E-state index in [9.17, 15) is 0 Å². The second-order valence-corrected chi connectivity index (χ2v) is 7.54. The molecule has 0 amide bonds. The molecule has 4 unspecified atom stereocenters. The van der Waals surface area contributed by atoms with Gasteiger partial charge in [0, 0.05) is 6.04 Å². The van der Waals surface area contributed by atoms with Gasteiger partial charge < -0.3 is 5.32 Å². The molecular formula is C20H43N. The molecule has 0 aliphatic carbocycles. The van der Waals surface area contributed by atoms with Gasteiger partial charge in [-0.15, -0.1) is 0 Å². The predicted octanol–water partition coefficient (Wildman–Crippen LogP) is 6.28. The van der Waals surface area contributed by atoms with Crippen LogP contribution in [0.25, 0.3) is 0 Å². The van der Waals surface area contributed by atoms with Gasteiger partial charge in [-0.25, -0.2) is 0 Å². The quantitative estimate of drug-likeness (QED) is 0.422. The summed E-state index contributed by atoms with van der Waals surface area (Å²) in [6.07, 6.45) is 9.57. The molecule has 1 N–H and O–H groups in total. The molecule has 0 fully saturated rings. The van der Waals surface area contributed by atoms with E-state index in [2.05, 4.69) is 53.8 Å². The van der Waals surface area contributed by atoms with Crippen LogP contribution < -0.4 is 5.32 Å². The first-order chi connectivity index (χ1) is 9.96. The first-order valence-corrected chi connectivity index (χ1v) is 9.69. The second kappa shape index (κ2) is 12.5. The van der Waals surface area contributed by atoms with Crippen LogP contribution in [0.1, 0.15) is 93.4 Å². The standard InChI is InChI=1S/C20H43N/c1-8-18(7)21-15-14-17(6)20(10-3)13-11-12-19(9-2)16(4)5/h16-21H,8-15H2,1-7H3. The monoisotopic (exact) mass is 297 g/mol. The van der Waals surface area contributed by atoms with Gasteiger partial charge in [-0.1, -0.05) is 73.6 Å². The summed E-state index contributed by atoms with van der Waals surface area (Å²) < 4.78 is 0. The molecule has 0 saturated carbocycles. The average molecular weight is 298 g/mol. The van der Waals surface area contributed by atoms with E-state index >= 15 is 0 Å². The van der Waals surface area contributed by atoms with Crippen molar-refractivity contribution in [2.45, 2.75) is 99.5 Å². The van der Waals surface area contributed by atoms with Crippen molar-refractivity contribution in [1.29, 1.82) is 0 Å². The maximum Gasteiger partial charge on any atom is 0.00361 e. The molecule has 4 atom stereocenters. The van der Waals surface area contributed by atoms with E-state index in [0.29, 0.717) is 6.04 Å². The van der Waals surface area contributed by atoms with Crippen molar-refractivity contribution in [2.75, 3.05) is 6.54 Å². The van der Waals surface area contributed by atoms with E-state index in [-0.39, 0.29) is 0 Å². The van der Waals surface area contributed by atoms with Crippen molar-refractivity contribution in [3.05, 3.63) is 0 Å². The van der Waals surface area contributed by atoms with Gasteiger partial charge in [-0.05, 0) is 50.0 Å². The Hall–Kier alpha value is -0.0400. The summed E-state index contributed by atoms with van der Waals surface area (Å²) in [6, 6.07) is 0.675. The van der Waals surface area contributed by atoms with E-state index in [0.717, 1.165) is 23.7 Å². The van der Waals surface area contributed by atoms with Crippen molar-refractivity contribution in [2.24, 2.45) is 23.7 Å². The van der Waals surface area contributed by atoms with Crippen molar-refractivity contribution >= 4 is 0 Å². The third kappa shape index (κ3) is 9.55. The zero-order chi connectivity index (χ0) is 16.3. The van der Waals surface area contributed by atoms with Gasteiger partial charge in [0.1, 0.15) is 0 Å². The van der Waals surface area contributed by atoms with Crippen LogP contribution in [0.2, 0.25) is 0 Å². The van der Waals surface area contributed by atoms with Crippen molar-refractivity contribution < 1.29 is 0 Å². The van der Waals surface area contributed by atoms with Crippen LogP contribution in [0.3, 0.4) is 0 Å². The van der Waals surface area contributed by atoms with E-state index in [4.69, 9.17) is 0 Å². The van der Waals surface area contributed by atoms with E-state index in [1.54, 1.807) is 0 Å². The summed E-state index contributed by atoms with van der Waals surface area (Å²) in [7, 11) is 0. The smallest absolute Gasteiger partial charge is 0.00361 e. The first kappa shape index (κ1) is 21.0. The molecule has 0 aromatic rings. The SMILES string of the molecule is CCC(C)NCCC(C)C(CC)CCCC(CC)C(C)C. The molecule has 0 bridgehead atoms. The second-order valence-electron chi connectivity index (χ2n) is 7.54. The normalized spacial score (nSPS) is 17.7. The fourth-order valence-electron chi connectivity index (χ4n) is 3.48. The zero-order valence-electron chi connectivity index (χ0n) is 16.0. The van der Waals surface area contributed by atoms with Crippen LogP contribution in [0.15, 0.2) is 0 Å². The minimum Gasteiger partial charge on any atom is -0.314 e. The van der Waals surface area contributed by atoms with Gasteiger partial charge >= 0.3 is 0 Å². The van der Waals surface area contributed by atoms with Crippen LogP contribution in [0.5, 0.6) is 0 Å². The molecule has 128 valence electrons. The summed E-state index contributed by atoms with van der Waals surface area (Å²) in [4.78, 5) is 0. The Morgan fingerprint density at radius 3 is 1.76 bits per heavy atom. The highest BCUT2D eigenvalue weighted by molar-refractivity contribution is 4.70. The lowest BCUT2D eigenvalue weighted by Crippen LogP contribution is -2.28. The van der Waals surface area contributed by atoms with Gasteiger partial charge in [0.25, 0.3) is 0 Å². The Kier molecular flexibility index (Phi) is 12.5. The maximum absolute atomic E-state index is 3.64. The highest BCUT2D eigenvalue weighted by atomic mass is 14.9. The van der Waals surface area contributed by atoms with Crippen LogP contribution >= 0.6 is 0 Å². The largest absolute Gasteiger partial charge is 0.314 e. The van der Waals surface area contributed by atoms with Gasteiger partial charge in [0.15, 0.2) is 0 Å². The Balaban J connectivity index is 3.96. The van der Waals surface area contributed by atoms with Crippen LogP contribution in [-0.2, 0) is 0 Å². The fraction of sp³-hybridized carbons (Fsp3) is 1.00. The van der Waals surface area contributed by atoms with E-state index in [1.807, 2.05) is 0 Å². The van der Waals surface area contributed by atoms with Crippen molar-refractivity contribution in [1.82, 2.24) is 5.32 Å². The number of hydrogen-bond donors (Lipinski definition) is 1. The highest BCUT2D eigenvalue weighted by Gasteiger charge is 2.17. The third-order valence-electron chi connectivity index (χ3n) is 5.65. The van der Waals surface area contributed by atoms with Crippen molar-refractivity contribution in [3.63, 3.8) is 0 Å². The molecule has 0 aliphatic rings. The third-order valence-corrected chi connectivity index (χ3v) is 5.65. The summed E-state index contributed by atoms with van der Waals surface area (Å²) in [5.41, 5.74) is 0. The number of nitrogens with one attached hydrogen (secondary N) is 1. The molecule has 0 aromatic heterocycles. The molecule has 0 radical (unpaired) electrons. The Morgan fingerprint density at radius 1 is 0.714 bits per heavy atom. The topological polar surface area (TPSA) is 12.0 Å². The number of rotatable bonds is 13.